The van der Waals surface area contributed by atoms with Crippen LogP contribution in [-0.4, -0.2) is 105 Å². The monoisotopic (exact) mass is 850 g/mol. The molecule has 0 unspecified atom stereocenters. The molecule has 1 atom stereocenters. The number of carbonyl (C=O) groups excluding carboxylic acids is 3. The van der Waals surface area contributed by atoms with E-state index in [0.29, 0.717) is 24.7 Å². The number of pyridine rings is 1. The van der Waals surface area contributed by atoms with E-state index in [1.807, 2.05) is 65.1 Å². The van der Waals surface area contributed by atoms with E-state index in [-0.39, 0.29) is 29.3 Å². The van der Waals surface area contributed by atoms with Gasteiger partial charge in [-0.25, -0.2) is 14.8 Å². The summed E-state index contributed by atoms with van der Waals surface area (Å²) in [5.41, 5.74) is 8.91. The fraction of sp³-hybridized carbons (Fsp3) is 0.404. The third kappa shape index (κ3) is 8.98. The zero-order valence-corrected chi connectivity index (χ0v) is 36.5. The number of urea groups is 1. The van der Waals surface area contributed by atoms with Gasteiger partial charge in [0.25, 0.3) is 0 Å². The number of anilines is 3. The van der Waals surface area contributed by atoms with Crippen molar-refractivity contribution in [2.24, 2.45) is 5.92 Å². The average Bonchev–Trinajstić information content (AvgIpc) is 3.97. The summed E-state index contributed by atoms with van der Waals surface area (Å²) >= 11 is 0. The van der Waals surface area contributed by atoms with Gasteiger partial charge in [-0.15, -0.1) is 0 Å². The number of carbonyl (C=O) groups is 3. The molecule has 3 aliphatic heterocycles. The largest absolute Gasteiger partial charge is 0.371 e. The Kier molecular flexibility index (Phi) is 11.4. The molecule has 16 heteroatoms. The number of nitrogens with zero attached hydrogens (tertiary/aromatic N) is 9. The SMILES string of the molecule is Cc1cc(-c2ncnc3[nH]c(-c4ccc(N5CCN(CC6CCN(c7cccc(N8CCC(=O)NC8=O)c7)CC6)CC5)cn4)cc23)ccc1[C@@H](C)NC(=O)c1nc(C(C)(C)C)no1. The van der Waals surface area contributed by atoms with Crippen molar-refractivity contribution in [2.75, 3.05) is 67.1 Å². The van der Waals surface area contributed by atoms with Gasteiger partial charge in [-0.1, -0.05) is 44.1 Å². The highest BCUT2D eigenvalue weighted by Gasteiger charge is 2.28. The first-order valence-electron chi connectivity index (χ1n) is 21.9. The maximum absolute atomic E-state index is 12.9. The van der Waals surface area contributed by atoms with E-state index in [4.69, 9.17) is 9.51 Å². The lowest BCUT2D eigenvalue weighted by Gasteiger charge is -2.40. The van der Waals surface area contributed by atoms with Gasteiger partial charge in [0.1, 0.15) is 12.0 Å². The van der Waals surface area contributed by atoms with Crippen LogP contribution in [0.25, 0.3) is 33.7 Å². The quantitative estimate of drug-likeness (QED) is 0.134. The first-order chi connectivity index (χ1) is 30.4. The van der Waals surface area contributed by atoms with E-state index < -0.39 is 5.91 Å². The second-order valence-electron chi connectivity index (χ2n) is 18.0. The van der Waals surface area contributed by atoms with Gasteiger partial charge in [0.05, 0.1) is 35.0 Å². The molecular formula is C47H54N12O4. The molecular weight excluding hydrogens is 797 g/mol. The Labute approximate surface area is 366 Å². The molecule has 6 aromatic rings. The zero-order valence-electron chi connectivity index (χ0n) is 36.5. The van der Waals surface area contributed by atoms with Crippen LogP contribution in [0.1, 0.15) is 80.6 Å². The number of piperidine rings is 1. The summed E-state index contributed by atoms with van der Waals surface area (Å²) in [7, 11) is 0. The number of benzene rings is 2. The Morgan fingerprint density at radius 2 is 1.67 bits per heavy atom. The minimum absolute atomic E-state index is 0.0512. The molecule has 2 aromatic carbocycles. The van der Waals surface area contributed by atoms with E-state index in [1.54, 1.807) is 11.2 Å². The highest BCUT2D eigenvalue weighted by atomic mass is 16.5. The molecule has 0 bridgehead atoms. The van der Waals surface area contributed by atoms with E-state index >= 15 is 0 Å². The molecule has 3 aliphatic rings. The smallest absolute Gasteiger partial charge is 0.328 e. The summed E-state index contributed by atoms with van der Waals surface area (Å²) in [4.78, 5) is 67.9. The highest BCUT2D eigenvalue weighted by molar-refractivity contribution is 6.05. The summed E-state index contributed by atoms with van der Waals surface area (Å²) < 4.78 is 5.25. The maximum Gasteiger partial charge on any atom is 0.328 e. The van der Waals surface area contributed by atoms with Gasteiger partial charge in [0.2, 0.25) is 5.91 Å². The number of aromatic amines is 1. The molecule has 0 aliphatic carbocycles. The van der Waals surface area contributed by atoms with Crippen LogP contribution >= 0.6 is 0 Å². The molecule has 4 amide bonds. The molecule has 4 aromatic heterocycles. The van der Waals surface area contributed by atoms with Crippen LogP contribution in [0.15, 0.2) is 77.7 Å². The van der Waals surface area contributed by atoms with Gasteiger partial charge in [-0.05, 0) is 86.2 Å². The van der Waals surface area contributed by atoms with Crippen LogP contribution in [-0.2, 0) is 10.2 Å². The van der Waals surface area contributed by atoms with Crippen molar-refractivity contribution in [2.45, 2.75) is 65.3 Å². The number of rotatable bonds is 10. The van der Waals surface area contributed by atoms with Crippen LogP contribution in [0.4, 0.5) is 21.9 Å². The molecule has 3 N–H and O–H groups in total. The lowest BCUT2D eigenvalue weighted by atomic mass is 9.95. The number of H-pyrrole nitrogens is 1. The number of piperazine rings is 1. The van der Waals surface area contributed by atoms with Crippen molar-refractivity contribution in [3.05, 3.63) is 96.0 Å². The lowest BCUT2D eigenvalue weighted by molar-refractivity contribution is -0.120. The molecule has 9 rings (SSSR count). The topological polar surface area (TPSA) is 182 Å². The Morgan fingerprint density at radius 3 is 2.38 bits per heavy atom. The Morgan fingerprint density at radius 1 is 0.889 bits per heavy atom. The third-order valence-corrected chi connectivity index (χ3v) is 12.5. The van der Waals surface area contributed by atoms with Crippen LogP contribution < -0.4 is 25.3 Å². The number of imide groups is 1. The number of nitrogens with one attached hydrogen (secondary N) is 3. The molecule has 0 saturated carbocycles. The van der Waals surface area contributed by atoms with Crippen LogP contribution in [0.5, 0.6) is 0 Å². The van der Waals surface area contributed by atoms with Crippen LogP contribution in [0.3, 0.4) is 0 Å². The predicted octanol–water partition coefficient (Wildman–Crippen LogP) is 6.65. The normalized spacial score (nSPS) is 17.3. The molecule has 7 heterocycles. The van der Waals surface area contributed by atoms with Gasteiger partial charge >= 0.3 is 17.8 Å². The van der Waals surface area contributed by atoms with E-state index in [9.17, 15) is 14.4 Å². The fourth-order valence-corrected chi connectivity index (χ4v) is 8.90. The number of aryl methyl sites for hydroxylation is 1. The van der Waals surface area contributed by atoms with Crippen molar-refractivity contribution in [3.63, 3.8) is 0 Å². The minimum atomic E-state index is -0.413. The first-order valence-corrected chi connectivity index (χ1v) is 21.9. The molecule has 3 fully saturated rings. The highest BCUT2D eigenvalue weighted by Crippen LogP contribution is 2.33. The number of hydrogen-bond acceptors (Lipinski definition) is 12. The van der Waals surface area contributed by atoms with Crippen molar-refractivity contribution in [1.29, 1.82) is 0 Å². The van der Waals surface area contributed by atoms with Gasteiger partial charge in [-0.3, -0.25) is 29.7 Å². The Bertz CT molecular complexity index is 2630. The standard InChI is InChI=1S/C47H54N12O4/c1-29-23-32(9-11-36(29)30(2)51-43(61)44-54-45(55-63-44)47(3,4)5)41-37-25-39(52-42(37)50-28-49-41)38-12-10-35(26-48-38)58-21-19-56(20-22-58)27-31-13-16-57(17-14-31)33-7-6-8-34(24-33)59-18-15-40(60)53-46(59)62/h6-12,23-26,28,30-31H,13-22,27H2,1-5H3,(H,51,61)(H,49,50,52)(H,53,60,62)/t30-/m1/s1. The van der Waals surface area contributed by atoms with Crippen molar-refractivity contribution < 1.29 is 18.9 Å². The van der Waals surface area contributed by atoms with Crippen LogP contribution in [0.2, 0.25) is 0 Å². The summed E-state index contributed by atoms with van der Waals surface area (Å²) in [5.74, 6) is 0.449. The first kappa shape index (κ1) is 41.7. The summed E-state index contributed by atoms with van der Waals surface area (Å²) in [6, 6.07) is 19.9. The van der Waals surface area contributed by atoms with Crippen molar-refractivity contribution in [1.82, 2.24) is 45.6 Å². The average molecular weight is 851 g/mol. The van der Waals surface area contributed by atoms with E-state index in [1.165, 1.54) is 0 Å². The van der Waals surface area contributed by atoms with Gasteiger partial charge in [0, 0.05) is 86.5 Å². The maximum atomic E-state index is 12.9. The third-order valence-electron chi connectivity index (χ3n) is 12.5. The molecule has 16 nitrogen and oxygen atoms in total. The van der Waals surface area contributed by atoms with Crippen molar-refractivity contribution >= 4 is 45.9 Å². The molecule has 326 valence electrons. The Hall–Kier alpha value is -6.68. The van der Waals surface area contributed by atoms with Crippen molar-refractivity contribution in [3.8, 4) is 22.6 Å². The molecule has 63 heavy (non-hydrogen) atoms. The zero-order chi connectivity index (χ0) is 43.8. The number of aromatic nitrogens is 6. The van der Waals surface area contributed by atoms with E-state index in [2.05, 4.69) is 86.8 Å². The molecule has 0 radical (unpaired) electrons. The molecule has 0 spiro atoms. The second kappa shape index (κ2) is 17.2. The molecule has 3 saturated heterocycles. The summed E-state index contributed by atoms with van der Waals surface area (Å²) in [6.07, 6.45) is 6.12. The fourth-order valence-electron chi connectivity index (χ4n) is 8.90. The van der Waals surface area contributed by atoms with E-state index in [0.717, 1.165) is 121 Å². The summed E-state index contributed by atoms with van der Waals surface area (Å²) in [6.45, 7) is 17.3. The van der Waals surface area contributed by atoms with Gasteiger partial charge < -0.3 is 24.6 Å². The lowest BCUT2D eigenvalue weighted by Crippen LogP contribution is -2.49. The number of amides is 4. The summed E-state index contributed by atoms with van der Waals surface area (Å²) in [5, 5.41) is 10.3. The predicted molar refractivity (Wildman–Crippen MR) is 242 cm³/mol. The number of fused-ring (bicyclic) bond motifs is 1. The van der Waals surface area contributed by atoms with Gasteiger partial charge in [0.15, 0.2) is 5.82 Å². The second-order valence-corrected chi connectivity index (χ2v) is 18.0. The van der Waals surface area contributed by atoms with Gasteiger partial charge in [-0.2, -0.15) is 4.98 Å². The Balaban J connectivity index is 0.777. The van der Waals surface area contributed by atoms with Crippen LogP contribution in [0, 0.1) is 12.8 Å². The number of hydrogen-bond donors (Lipinski definition) is 3. The minimum Gasteiger partial charge on any atom is -0.371 e.